The van der Waals surface area contributed by atoms with Crippen LogP contribution in [-0.2, 0) is 36.4 Å². The van der Waals surface area contributed by atoms with Gasteiger partial charge in [-0.25, -0.2) is 9.68 Å². The fraction of sp³-hybridized carbons (Fsp3) is 0.559. The molecular weight excluding hydrogens is 636 g/mol. The van der Waals surface area contributed by atoms with Gasteiger partial charge in [0.25, 0.3) is 5.79 Å². The minimum atomic E-state index is -1.56. The second-order valence-electron chi connectivity index (χ2n) is 13.3. The van der Waals surface area contributed by atoms with Crippen molar-refractivity contribution in [2.75, 3.05) is 13.7 Å². The van der Waals surface area contributed by atoms with E-state index in [4.69, 9.17) is 40.3 Å². The predicted molar refractivity (Wildman–Crippen MR) is 164 cm³/mol. The Bertz CT molecular complexity index is 1480. The summed E-state index contributed by atoms with van der Waals surface area (Å²) in [6.45, 7) is -0.517. The summed E-state index contributed by atoms with van der Waals surface area (Å²) in [5.74, 6) is 0.0997. The zero-order chi connectivity index (χ0) is 33.1. The predicted octanol–water partition coefficient (Wildman–Crippen LogP) is 3.15. The van der Waals surface area contributed by atoms with Crippen LogP contribution < -0.4 is 9.47 Å². The molecule has 6 fully saturated rings. The summed E-state index contributed by atoms with van der Waals surface area (Å²) >= 11 is 7.13. The molecule has 4 bridgehead atoms. The molecule has 2 heterocycles. The summed E-state index contributed by atoms with van der Waals surface area (Å²) < 4.78 is 23.6. The number of hydrogen-bond acceptors (Lipinski definition) is 11. The maximum Gasteiger partial charge on any atom is 0.328 e. The monoisotopic (exact) mass is 674 g/mol. The van der Waals surface area contributed by atoms with Crippen molar-refractivity contribution in [3.63, 3.8) is 0 Å². The third-order valence-electron chi connectivity index (χ3n) is 10.7. The average Bonchev–Trinajstić information content (AvgIpc) is 3.04. The molecule has 2 aromatic carbocycles. The van der Waals surface area contributed by atoms with Gasteiger partial charge in [0.1, 0.15) is 42.5 Å². The molecule has 5 N–H and O–H groups in total. The lowest BCUT2D eigenvalue weighted by Gasteiger charge is -2.68. The van der Waals surface area contributed by atoms with Crippen LogP contribution in [0.5, 0.6) is 11.5 Å². The van der Waals surface area contributed by atoms with Gasteiger partial charge in [-0.3, -0.25) is 0 Å². The lowest BCUT2D eigenvalue weighted by atomic mass is 9.47. The minimum absolute atomic E-state index is 0.0501. The summed E-state index contributed by atoms with van der Waals surface area (Å²) in [4.78, 5) is 23.4. The van der Waals surface area contributed by atoms with Crippen LogP contribution in [0.25, 0.3) is 6.08 Å². The fourth-order valence-corrected chi connectivity index (χ4v) is 9.06. The highest BCUT2D eigenvalue weighted by Crippen LogP contribution is 2.70. The van der Waals surface area contributed by atoms with Crippen molar-refractivity contribution in [2.24, 2.45) is 23.7 Å². The molecule has 12 nitrogen and oxygen atoms in total. The lowest BCUT2D eigenvalue weighted by molar-refractivity contribution is -0.645. The van der Waals surface area contributed by atoms with E-state index in [1.165, 1.54) is 12.5 Å². The van der Waals surface area contributed by atoms with Gasteiger partial charge in [0.2, 0.25) is 6.29 Å². The van der Waals surface area contributed by atoms with Gasteiger partial charge in [-0.05, 0) is 79.5 Å². The first kappa shape index (κ1) is 32.8. The van der Waals surface area contributed by atoms with E-state index in [2.05, 4.69) is 0 Å². The van der Waals surface area contributed by atoms with Crippen LogP contribution in [0.1, 0.15) is 48.8 Å². The normalized spacial score (nSPS) is 38.9. The van der Waals surface area contributed by atoms with Gasteiger partial charge in [-0.2, -0.15) is 4.89 Å². The molecule has 2 aliphatic heterocycles. The highest BCUT2D eigenvalue weighted by molar-refractivity contribution is 6.33. The van der Waals surface area contributed by atoms with Crippen LogP contribution in [0.2, 0.25) is 5.02 Å². The minimum Gasteiger partial charge on any atom is -0.487 e. The van der Waals surface area contributed by atoms with E-state index in [1.54, 1.807) is 43.5 Å². The Labute approximate surface area is 276 Å². The largest absolute Gasteiger partial charge is 0.487 e. The molecule has 47 heavy (non-hydrogen) atoms. The second kappa shape index (κ2) is 12.6. The van der Waals surface area contributed by atoms with E-state index in [1.807, 2.05) is 0 Å². The molecular formula is C34H39ClO12. The second-order valence-corrected chi connectivity index (χ2v) is 13.7. The molecule has 6 atom stereocenters. The third kappa shape index (κ3) is 5.34. The van der Waals surface area contributed by atoms with Gasteiger partial charge in [-0.15, -0.1) is 0 Å². The molecule has 13 heteroatoms. The smallest absolute Gasteiger partial charge is 0.328 e. The van der Waals surface area contributed by atoms with Gasteiger partial charge in [0.15, 0.2) is 5.60 Å². The fourth-order valence-electron chi connectivity index (χ4n) is 8.71. The summed E-state index contributed by atoms with van der Waals surface area (Å²) in [7, 11) is 1.60. The van der Waals surface area contributed by atoms with Gasteiger partial charge in [0, 0.05) is 24.3 Å². The number of aliphatic hydroxyl groups is 4. The number of halogens is 1. The molecule has 0 aromatic heterocycles. The van der Waals surface area contributed by atoms with Crippen LogP contribution in [0, 0.1) is 23.7 Å². The molecule has 0 amide bonds. The zero-order valence-electron chi connectivity index (χ0n) is 25.7. The first-order valence-corrected chi connectivity index (χ1v) is 16.3. The summed E-state index contributed by atoms with van der Waals surface area (Å²) in [6, 6.07) is 10.2. The Morgan fingerprint density at radius 1 is 0.957 bits per heavy atom. The third-order valence-corrected chi connectivity index (χ3v) is 11.1. The van der Waals surface area contributed by atoms with Gasteiger partial charge < -0.3 is 44.5 Å². The van der Waals surface area contributed by atoms with Crippen LogP contribution in [0.3, 0.4) is 0 Å². The highest BCUT2D eigenvalue weighted by Gasteiger charge is 2.77. The van der Waals surface area contributed by atoms with Crippen molar-refractivity contribution < 1.29 is 59.0 Å². The zero-order valence-corrected chi connectivity index (χ0v) is 26.5. The molecule has 1 spiro atoms. The number of hydrogen-bond donors (Lipinski definition) is 5. The first-order chi connectivity index (χ1) is 22.6. The van der Waals surface area contributed by atoms with Crippen molar-refractivity contribution in [1.82, 2.24) is 0 Å². The Morgan fingerprint density at radius 2 is 1.64 bits per heavy atom. The molecule has 4 aliphatic carbocycles. The van der Waals surface area contributed by atoms with E-state index < -0.39 is 54.7 Å². The lowest BCUT2D eigenvalue weighted by Crippen LogP contribution is -2.76. The van der Waals surface area contributed by atoms with E-state index in [0.29, 0.717) is 34.3 Å². The number of aliphatic hydroxyl groups excluding tert-OH is 4. The number of benzene rings is 2. The van der Waals surface area contributed by atoms with Gasteiger partial charge in [-0.1, -0.05) is 35.9 Å². The number of carbonyl (C=O) groups is 1. The van der Waals surface area contributed by atoms with E-state index in [9.17, 15) is 30.3 Å². The number of ether oxygens (including phenoxy) is 4. The topological polar surface area (TPSA) is 174 Å². The molecule has 2 saturated heterocycles. The Morgan fingerprint density at radius 3 is 2.21 bits per heavy atom. The Kier molecular flexibility index (Phi) is 8.77. The van der Waals surface area contributed by atoms with E-state index in [-0.39, 0.29) is 29.2 Å². The summed E-state index contributed by atoms with van der Waals surface area (Å²) in [5.41, 5.74) is 1.05. The van der Waals surface area contributed by atoms with Crippen molar-refractivity contribution in [2.45, 2.75) is 80.8 Å². The van der Waals surface area contributed by atoms with Gasteiger partial charge in [0.05, 0.1) is 11.6 Å². The highest BCUT2D eigenvalue weighted by atomic mass is 35.5. The molecule has 4 unspecified atom stereocenters. The number of carboxylic acid groups (broad SMARTS) is 1. The Balaban J connectivity index is 1.13. The van der Waals surface area contributed by atoms with Crippen LogP contribution in [-0.4, -0.2) is 81.5 Å². The average molecular weight is 675 g/mol. The molecule has 6 aliphatic rings. The number of rotatable bonds is 10. The van der Waals surface area contributed by atoms with E-state index >= 15 is 0 Å². The quantitative estimate of drug-likeness (QED) is 0.184. The number of carboxylic acids is 1. The Hall–Kier alpha value is -2.78. The standard InChI is InChI=1S/C34H39ClO12/c1-42-34(33(46-47-34)21-11-18-10-19(13-21)14-22(33)12-18)24-8-4-20(5-9-26(37)38)31(27(24)35)43-16-17-2-6-23(7-3-17)44-32-30(41)29(40)28(39)25(15-36)45-32/h2-9,18-19,21-22,25,28-30,32,36,39-41H,10-16H2,1H3,(H,37,38)/b9-5+/t18?,19?,21?,22?,25?,28-,29?,30?,32+,33?,34?/m0/s1. The molecule has 4 saturated carbocycles. The summed E-state index contributed by atoms with van der Waals surface area (Å²) in [6.07, 6.45) is 0.913. The first-order valence-electron chi connectivity index (χ1n) is 15.9. The van der Waals surface area contributed by atoms with Crippen molar-refractivity contribution >= 4 is 23.6 Å². The maximum atomic E-state index is 11.4. The van der Waals surface area contributed by atoms with E-state index in [0.717, 1.165) is 31.8 Å². The molecule has 254 valence electrons. The molecule has 8 rings (SSSR count). The van der Waals surface area contributed by atoms with Crippen LogP contribution >= 0.6 is 11.6 Å². The summed E-state index contributed by atoms with van der Waals surface area (Å²) in [5, 5.41) is 49.3. The van der Waals surface area contributed by atoms with Crippen LogP contribution in [0.15, 0.2) is 42.5 Å². The van der Waals surface area contributed by atoms with Gasteiger partial charge >= 0.3 is 5.97 Å². The number of methoxy groups -OCH3 is 1. The maximum absolute atomic E-state index is 11.4. The van der Waals surface area contributed by atoms with Crippen molar-refractivity contribution in [3.05, 3.63) is 64.2 Å². The molecule has 0 radical (unpaired) electrons. The van der Waals surface area contributed by atoms with Crippen molar-refractivity contribution in [1.29, 1.82) is 0 Å². The van der Waals surface area contributed by atoms with Crippen LogP contribution in [0.4, 0.5) is 0 Å². The molecule has 2 aromatic rings. The number of aliphatic carboxylic acids is 1. The van der Waals surface area contributed by atoms with Crippen molar-refractivity contribution in [3.8, 4) is 11.5 Å². The SMILES string of the molecule is COC1(c2ccc(/C=C/C(=O)O)c(OCc3ccc(O[C@@H]4OC(CO)[C@H](O)C(O)C4O)cc3)c2Cl)OOC12C1CC3CC(C1)CC2C3.